The van der Waals surface area contributed by atoms with Gasteiger partial charge in [0.05, 0.1) is 12.2 Å². The minimum atomic E-state index is -0.527. The Bertz CT molecular complexity index is 125. The van der Waals surface area contributed by atoms with Gasteiger partial charge < -0.3 is 15.6 Å². The summed E-state index contributed by atoms with van der Waals surface area (Å²) >= 11 is 0. The van der Waals surface area contributed by atoms with Gasteiger partial charge in [-0.25, -0.2) is 0 Å². The van der Waals surface area contributed by atoms with Gasteiger partial charge in [0.15, 0.2) is 0 Å². The van der Waals surface area contributed by atoms with Crippen molar-refractivity contribution in [1.82, 2.24) is 0 Å². The maximum absolute atomic E-state index is 9.46. The third-order valence-corrected chi connectivity index (χ3v) is 2.14. The zero-order chi connectivity index (χ0) is 7.78. The van der Waals surface area contributed by atoms with E-state index in [1.807, 2.05) is 13.8 Å². The zero-order valence-corrected chi connectivity index (χ0v) is 6.50. The van der Waals surface area contributed by atoms with Gasteiger partial charge in [0.1, 0.15) is 0 Å². The highest BCUT2D eigenvalue weighted by molar-refractivity contribution is 4.93. The molecule has 0 aliphatic carbocycles. The molecule has 3 heteroatoms. The molecule has 10 heavy (non-hydrogen) atoms. The lowest BCUT2D eigenvalue weighted by atomic mass is 9.87. The fourth-order valence-corrected chi connectivity index (χ4v) is 1.24. The molecule has 0 bridgehead atoms. The highest BCUT2D eigenvalue weighted by atomic mass is 16.5. The fraction of sp³-hybridized carbons (Fsp3) is 1.00. The van der Waals surface area contributed by atoms with Crippen molar-refractivity contribution in [3.05, 3.63) is 0 Å². The summed E-state index contributed by atoms with van der Waals surface area (Å²) in [6, 6.07) is 0. The summed E-state index contributed by atoms with van der Waals surface area (Å²) in [5.74, 6) is 0. The molecular weight excluding hydrogens is 130 g/mol. The molecule has 1 heterocycles. The fourth-order valence-electron chi connectivity index (χ4n) is 1.24. The minimum Gasteiger partial charge on any atom is -0.389 e. The van der Waals surface area contributed by atoms with Crippen LogP contribution in [0.15, 0.2) is 0 Å². The molecule has 3 atom stereocenters. The Morgan fingerprint density at radius 2 is 2.30 bits per heavy atom. The number of ether oxygens (including phenoxy) is 1. The first-order valence-electron chi connectivity index (χ1n) is 3.62. The molecule has 1 aliphatic rings. The first-order valence-corrected chi connectivity index (χ1v) is 3.62. The Morgan fingerprint density at radius 3 is 2.70 bits per heavy atom. The lowest BCUT2D eigenvalue weighted by molar-refractivity contribution is -0.101. The third-order valence-electron chi connectivity index (χ3n) is 2.14. The molecule has 60 valence electrons. The van der Waals surface area contributed by atoms with E-state index in [0.29, 0.717) is 6.61 Å². The van der Waals surface area contributed by atoms with Crippen molar-refractivity contribution in [3.8, 4) is 0 Å². The number of hydrogen-bond acceptors (Lipinski definition) is 3. The van der Waals surface area contributed by atoms with E-state index in [-0.39, 0.29) is 6.10 Å². The summed E-state index contributed by atoms with van der Waals surface area (Å²) in [5.41, 5.74) is 5.32. The maximum Gasteiger partial charge on any atom is 0.0976 e. The van der Waals surface area contributed by atoms with Crippen molar-refractivity contribution < 1.29 is 9.84 Å². The van der Waals surface area contributed by atoms with Crippen LogP contribution in [0.3, 0.4) is 0 Å². The Labute approximate surface area is 61.2 Å². The van der Waals surface area contributed by atoms with Gasteiger partial charge in [-0.05, 0) is 20.3 Å². The van der Waals surface area contributed by atoms with Crippen molar-refractivity contribution in [2.75, 3.05) is 6.61 Å². The molecule has 1 rings (SSSR count). The lowest BCUT2D eigenvalue weighted by Gasteiger charge is -2.38. The number of hydrogen-bond donors (Lipinski definition) is 2. The molecule has 0 radical (unpaired) electrons. The SMILES string of the molecule is CC1OCCC(C)(N)C1O. The van der Waals surface area contributed by atoms with Gasteiger partial charge in [0, 0.05) is 12.1 Å². The van der Waals surface area contributed by atoms with Crippen LogP contribution in [0.25, 0.3) is 0 Å². The highest BCUT2D eigenvalue weighted by Gasteiger charge is 2.36. The van der Waals surface area contributed by atoms with Gasteiger partial charge in [0.25, 0.3) is 0 Å². The van der Waals surface area contributed by atoms with Crippen LogP contribution in [-0.2, 0) is 4.74 Å². The zero-order valence-electron chi connectivity index (χ0n) is 6.50. The van der Waals surface area contributed by atoms with Crippen LogP contribution in [-0.4, -0.2) is 29.5 Å². The predicted molar refractivity (Wildman–Crippen MR) is 38.6 cm³/mol. The summed E-state index contributed by atoms with van der Waals surface area (Å²) in [6.45, 7) is 4.36. The Balaban J connectivity index is 2.60. The molecule has 3 N–H and O–H groups in total. The van der Waals surface area contributed by atoms with Gasteiger partial charge in [0.2, 0.25) is 0 Å². The molecule has 0 amide bonds. The topological polar surface area (TPSA) is 55.5 Å². The van der Waals surface area contributed by atoms with Crippen molar-refractivity contribution >= 4 is 0 Å². The summed E-state index contributed by atoms with van der Waals surface area (Å²) in [5, 5.41) is 9.46. The van der Waals surface area contributed by atoms with E-state index in [2.05, 4.69) is 0 Å². The number of aliphatic hydroxyl groups excluding tert-OH is 1. The average Bonchev–Trinajstić information content (AvgIpc) is 1.83. The van der Waals surface area contributed by atoms with Crippen LogP contribution in [0.1, 0.15) is 20.3 Å². The normalized spacial score (nSPS) is 49.2. The molecule has 0 saturated carbocycles. The van der Waals surface area contributed by atoms with Gasteiger partial charge >= 0.3 is 0 Å². The molecule has 1 saturated heterocycles. The number of nitrogens with two attached hydrogens (primary N) is 1. The summed E-state index contributed by atoms with van der Waals surface area (Å²) < 4.78 is 5.20. The summed E-state index contributed by atoms with van der Waals surface area (Å²) in [4.78, 5) is 0. The van der Waals surface area contributed by atoms with Crippen LogP contribution in [0.2, 0.25) is 0 Å². The second-order valence-electron chi connectivity index (χ2n) is 3.28. The van der Waals surface area contributed by atoms with Gasteiger partial charge in [-0.3, -0.25) is 0 Å². The van der Waals surface area contributed by atoms with E-state index in [0.717, 1.165) is 6.42 Å². The molecule has 3 nitrogen and oxygen atoms in total. The molecule has 0 aromatic heterocycles. The van der Waals surface area contributed by atoms with Gasteiger partial charge in [-0.2, -0.15) is 0 Å². The predicted octanol–water partition coefficient (Wildman–Crippen LogP) is -0.126. The van der Waals surface area contributed by atoms with E-state index in [1.54, 1.807) is 0 Å². The van der Waals surface area contributed by atoms with Gasteiger partial charge in [-0.1, -0.05) is 0 Å². The van der Waals surface area contributed by atoms with Crippen LogP contribution in [0.5, 0.6) is 0 Å². The molecule has 0 spiro atoms. The second kappa shape index (κ2) is 2.49. The number of rotatable bonds is 0. The number of aliphatic hydroxyl groups is 1. The smallest absolute Gasteiger partial charge is 0.0976 e. The molecule has 0 aromatic carbocycles. The largest absolute Gasteiger partial charge is 0.389 e. The van der Waals surface area contributed by atoms with Gasteiger partial charge in [-0.15, -0.1) is 0 Å². The summed E-state index contributed by atoms with van der Waals surface area (Å²) in [7, 11) is 0. The molecule has 1 aliphatic heterocycles. The second-order valence-corrected chi connectivity index (χ2v) is 3.28. The minimum absolute atomic E-state index is 0.122. The molecular formula is C7H15NO2. The Kier molecular flexibility index (Phi) is 1.99. The van der Waals surface area contributed by atoms with Crippen LogP contribution >= 0.6 is 0 Å². The van der Waals surface area contributed by atoms with E-state index in [1.165, 1.54) is 0 Å². The van der Waals surface area contributed by atoms with Crippen molar-refractivity contribution in [2.24, 2.45) is 5.73 Å². The molecule has 3 unspecified atom stereocenters. The van der Waals surface area contributed by atoms with Crippen molar-refractivity contribution in [2.45, 2.75) is 38.0 Å². The highest BCUT2D eigenvalue weighted by Crippen LogP contribution is 2.21. The van der Waals surface area contributed by atoms with Crippen LogP contribution in [0.4, 0.5) is 0 Å². The van der Waals surface area contributed by atoms with Crippen LogP contribution in [0, 0.1) is 0 Å². The van der Waals surface area contributed by atoms with E-state index >= 15 is 0 Å². The lowest BCUT2D eigenvalue weighted by Crippen LogP contribution is -2.57. The standard InChI is InChI=1S/C7H15NO2/c1-5-6(9)7(2,8)3-4-10-5/h5-6,9H,3-4,8H2,1-2H3. The third kappa shape index (κ3) is 1.31. The molecule has 0 aromatic rings. The first kappa shape index (κ1) is 7.98. The van der Waals surface area contributed by atoms with Crippen molar-refractivity contribution in [3.63, 3.8) is 0 Å². The van der Waals surface area contributed by atoms with Crippen molar-refractivity contribution in [1.29, 1.82) is 0 Å². The Hall–Kier alpha value is -0.120. The van der Waals surface area contributed by atoms with Crippen LogP contribution < -0.4 is 5.73 Å². The quantitative estimate of drug-likeness (QED) is 0.499. The monoisotopic (exact) mass is 145 g/mol. The Morgan fingerprint density at radius 1 is 1.70 bits per heavy atom. The van der Waals surface area contributed by atoms with E-state index in [4.69, 9.17) is 10.5 Å². The average molecular weight is 145 g/mol. The molecule has 1 fully saturated rings. The summed E-state index contributed by atoms with van der Waals surface area (Å²) in [6.07, 6.45) is 0.0865. The van der Waals surface area contributed by atoms with E-state index < -0.39 is 11.6 Å². The maximum atomic E-state index is 9.46. The first-order chi connectivity index (χ1) is 4.54. The van der Waals surface area contributed by atoms with E-state index in [9.17, 15) is 5.11 Å².